The summed E-state index contributed by atoms with van der Waals surface area (Å²) >= 11 is 0. The van der Waals surface area contributed by atoms with Crippen molar-refractivity contribution in [1.29, 1.82) is 0 Å². The second-order valence-electron chi connectivity index (χ2n) is 5.57. The van der Waals surface area contributed by atoms with E-state index in [9.17, 15) is 15.0 Å². The van der Waals surface area contributed by atoms with E-state index in [0.29, 0.717) is 11.3 Å². The quantitative estimate of drug-likeness (QED) is 0.774. The van der Waals surface area contributed by atoms with Crippen molar-refractivity contribution in [3.63, 3.8) is 0 Å². The van der Waals surface area contributed by atoms with Gasteiger partial charge < -0.3 is 20.3 Å². The van der Waals surface area contributed by atoms with Gasteiger partial charge in [0.05, 0.1) is 0 Å². The van der Waals surface area contributed by atoms with Crippen molar-refractivity contribution in [2.75, 3.05) is 6.54 Å². The highest BCUT2D eigenvalue weighted by molar-refractivity contribution is 5.67. The van der Waals surface area contributed by atoms with Gasteiger partial charge in [-0.15, -0.1) is 0 Å². The molecular weight excluding hydrogens is 260 g/mol. The average Bonchev–Trinajstić information content (AvgIpc) is 2.33. The fourth-order valence-electron chi connectivity index (χ4n) is 1.63. The molecule has 2 atom stereocenters. The van der Waals surface area contributed by atoms with Crippen LogP contribution in [0.5, 0.6) is 0 Å². The zero-order valence-electron chi connectivity index (χ0n) is 12.3. The Bertz CT molecular complexity index is 457. The highest BCUT2D eigenvalue weighted by atomic mass is 16.6. The number of aliphatic hydroxyl groups excluding tert-OH is 2. The van der Waals surface area contributed by atoms with Crippen molar-refractivity contribution >= 4 is 6.09 Å². The van der Waals surface area contributed by atoms with E-state index in [0.717, 1.165) is 0 Å². The molecule has 0 radical (unpaired) electrons. The molecule has 1 aromatic heterocycles. The van der Waals surface area contributed by atoms with Gasteiger partial charge in [0.2, 0.25) is 0 Å². The molecule has 6 nitrogen and oxygen atoms in total. The zero-order chi connectivity index (χ0) is 15.3. The summed E-state index contributed by atoms with van der Waals surface area (Å²) in [5.41, 5.74) is 0.565. The summed E-state index contributed by atoms with van der Waals surface area (Å²) in [6, 6.07) is 3.36. The second-order valence-corrected chi connectivity index (χ2v) is 5.57. The number of hydrogen-bond acceptors (Lipinski definition) is 5. The summed E-state index contributed by atoms with van der Waals surface area (Å²) in [6.07, 6.45) is -1.27. The molecule has 1 rings (SSSR count). The Morgan fingerprint density at radius 1 is 1.45 bits per heavy atom. The maximum Gasteiger partial charge on any atom is 0.407 e. The Hall–Kier alpha value is -1.66. The van der Waals surface area contributed by atoms with Crippen LogP contribution in [0.25, 0.3) is 0 Å². The molecule has 0 saturated carbocycles. The normalized spacial score (nSPS) is 14.5. The molecular formula is C14H22N2O4. The Morgan fingerprint density at radius 3 is 2.65 bits per heavy atom. The first-order valence-electron chi connectivity index (χ1n) is 6.45. The van der Waals surface area contributed by atoms with Gasteiger partial charge in [-0.2, -0.15) is 0 Å². The fraction of sp³-hybridized carbons (Fsp3) is 0.571. The first-order chi connectivity index (χ1) is 9.20. The molecule has 2 unspecified atom stereocenters. The molecule has 0 spiro atoms. The maximum atomic E-state index is 11.5. The van der Waals surface area contributed by atoms with Crippen LogP contribution < -0.4 is 5.32 Å². The van der Waals surface area contributed by atoms with Crippen molar-refractivity contribution in [3.8, 4) is 0 Å². The number of aromatic nitrogens is 1. The van der Waals surface area contributed by atoms with Gasteiger partial charge in [-0.05, 0) is 33.8 Å². The molecule has 6 heteroatoms. The zero-order valence-corrected chi connectivity index (χ0v) is 12.3. The standard InChI is InChI=1S/C14H22N2O4/c1-9-10(6-5-7-15-9)12(18)11(17)8-16-13(19)20-14(2,3)4/h5-7,11-12,17-18H,8H2,1-4H3,(H,16,19). The van der Waals surface area contributed by atoms with Gasteiger partial charge in [-0.1, -0.05) is 6.07 Å². The van der Waals surface area contributed by atoms with Crippen LogP contribution in [0.15, 0.2) is 18.3 Å². The molecule has 0 fully saturated rings. The number of aliphatic hydroxyl groups is 2. The van der Waals surface area contributed by atoms with E-state index in [1.165, 1.54) is 0 Å². The summed E-state index contributed by atoms with van der Waals surface area (Å²) in [4.78, 5) is 15.5. The Balaban J connectivity index is 2.53. The molecule has 0 saturated heterocycles. The number of hydrogen-bond donors (Lipinski definition) is 3. The van der Waals surface area contributed by atoms with E-state index < -0.39 is 23.9 Å². The molecule has 1 heterocycles. The van der Waals surface area contributed by atoms with Gasteiger partial charge in [-0.25, -0.2) is 4.79 Å². The SMILES string of the molecule is Cc1ncccc1C(O)C(O)CNC(=O)OC(C)(C)C. The number of carbonyl (C=O) groups excluding carboxylic acids is 1. The van der Waals surface area contributed by atoms with Crippen molar-refractivity contribution in [2.24, 2.45) is 0 Å². The predicted molar refractivity (Wildman–Crippen MR) is 74.2 cm³/mol. The fourth-order valence-corrected chi connectivity index (χ4v) is 1.63. The molecule has 0 aliphatic heterocycles. The highest BCUT2D eigenvalue weighted by Gasteiger charge is 2.22. The Morgan fingerprint density at radius 2 is 2.10 bits per heavy atom. The molecule has 0 aromatic carbocycles. The van der Waals surface area contributed by atoms with Gasteiger partial charge in [0.25, 0.3) is 0 Å². The number of nitrogens with one attached hydrogen (secondary N) is 1. The first kappa shape index (κ1) is 16.4. The van der Waals surface area contributed by atoms with Crippen LogP contribution in [0, 0.1) is 6.92 Å². The minimum absolute atomic E-state index is 0.107. The van der Waals surface area contributed by atoms with Crippen LogP contribution in [0.4, 0.5) is 4.79 Å². The number of rotatable bonds is 4. The average molecular weight is 282 g/mol. The third kappa shape index (κ3) is 5.14. The monoisotopic (exact) mass is 282 g/mol. The molecule has 1 aromatic rings. The smallest absolute Gasteiger partial charge is 0.407 e. The summed E-state index contributed by atoms with van der Waals surface area (Å²) < 4.78 is 5.04. The number of carbonyl (C=O) groups is 1. The lowest BCUT2D eigenvalue weighted by atomic mass is 10.0. The third-order valence-corrected chi connectivity index (χ3v) is 2.59. The highest BCUT2D eigenvalue weighted by Crippen LogP contribution is 2.18. The first-order valence-corrected chi connectivity index (χ1v) is 6.45. The van der Waals surface area contributed by atoms with E-state index in [-0.39, 0.29) is 6.54 Å². The Labute approximate surface area is 118 Å². The van der Waals surface area contributed by atoms with Crippen LogP contribution >= 0.6 is 0 Å². The maximum absolute atomic E-state index is 11.5. The molecule has 112 valence electrons. The van der Waals surface area contributed by atoms with Gasteiger partial charge in [-0.3, -0.25) is 4.98 Å². The molecule has 1 amide bonds. The van der Waals surface area contributed by atoms with Gasteiger partial charge in [0, 0.05) is 24.0 Å². The lowest BCUT2D eigenvalue weighted by Crippen LogP contribution is -2.39. The van der Waals surface area contributed by atoms with E-state index in [1.54, 1.807) is 46.0 Å². The largest absolute Gasteiger partial charge is 0.444 e. The third-order valence-electron chi connectivity index (χ3n) is 2.59. The number of amides is 1. The molecule has 0 aliphatic rings. The van der Waals surface area contributed by atoms with Gasteiger partial charge in [0.15, 0.2) is 0 Å². The van der Waals surface area contributed by atoms with Crippen LogP contribution in [0.1, 0.15) is 38.1 Å². The van der Waals surface area contributed by atoms with Crippen LogP contribution in [-0.2, 0) is 4.74 Å². The van der Waals surface area contributed by atoms with E-state index in [1.807, 2.05) is 0 Å². The molecule has 0 aliphatic carbocycles. The van der Waals surface area contributed by atoms with Crippen molar-refractivity contribution in [3.05, 3.63) is 29.6 Å². The van der Waals surface area contributed by atoms with Gasteiger partial charge >= 0.3 is 6.09 Å². The number of alkyl carbamates (subject to hydrolysis) is 1. The van der Waals surface area contributed by atoms with Gasteiger partial charge in [0.1, 0.15) is 17.8 Å². The molecule has 0 bridgehead atoms. The number of ether oxygens (including phenoxy) is 1. The van der Waals surface area contributed by atoms with E-state index >= 15 is 0 Å². The minimum atomic E-state index is -1.13. The van der Waals surface area contributed by atoms with Crippen LogP contribution in [0.2, 0.25) is 0 Å². The minimum Gasteiger partial charge on any atom is -0.444 e. The lowest BCUT2D eigenvalue weighted by Gasteiger charge is -2.22. The van der Waals surface area contributed by atoms with Crippen molar-refractivity contribution in [2.45, 2.75) is 45.5 Å². The second kappa shape index (κ2) is 6.67. The van der Waals surface area contributed by atoms with E-state index in [4.69, 9.17) is 4.74 Å². The summed E-state index contributed by atoms with van der Waals surface area (Å²) in [6.45, 7) is 6.88. The molecule has 3 N–H and O–H groups in total. The summed E-state index contributed by atoms with van der Waals surface area (Å²) in [5.74, 6) is 0. The Kier molecular flexibility index (Phi) is 5.47. The van der Waals surface area contributed by atoms with Crippen LogP contribution in [-0.4, -0.2) is 39.5 Å². The number of pyridine rings is 1. The summed E-state index contributed by atoms with van der Waals surface area (Å²) in [5, 5.41) is 22.3. The number of aryl methyl sites for hydroxylation is 1. The predicted octanol–water partition coefficient (Wildman–Crippen LogP) is 1.31. The van der Waals surface area contributed by atoms with Crippen LogP contribution in [0.3, 0.4) is 0 Å². The lowest BCUT2D eigenvalue weighted by molar-refractivity contribution is 0.0125. The van der Waals surface area contributed by atoms with Crippen molar-refractivity contribution in [1.82, 2.24) is 10.3 Å². The van der Waals surface area contributed by atoms with E-state index in [2.05, 4.69) is 10.3 Å². The topological polar surface area (TPSA) is 91.7 Å². The number of nitrogens with zero attached hydrogens (tertiary/aromatic N) is 1. The summed E-state index contributed by atoms with van der Waals surface area (Å²) in [7, 11) is 0. The van der Waals surface area contributed by atoms with Crippen molar-refractivity contribution < 1.29 is 19.7 Å². The molecule has 20 heavy (non-hydrogen) atoms.